The topological polar surface area (TPSA) is 69.7 Å². The van der Waals surface area contributed by atoms with E-state index in [0.29, 0.717) is 10.6 Å². The zero-order chi connectivity index (χ0) is 24.0. The number of carbonyl (C=O) groups excluding carboxylic acids is 2. The highest BCUT2D eigenvalue weighted by atomic mass is 31.2. The van der Waals surface area contributed by atoms with E-state index in [1.54, 1.807) is 24.3 Å². The molecule has 5 nitrogen and oxygen atoms in total. The Morgan fingerprint density at radius 3 is 1.78 bits per heavy atom. The number of hydrogen-bond donors (Lipinski definition) is 0. The Bertz CT molecular complexity index is 908. The van der Waals surface area contributed by atoms with Gasteiger partial charge in [0, 0.05) is 17.0 Å². The SMILES string of the molecule is COC(=O)C[C@@H](CC(=O)CP(=O)(c1ccccc1)c1ccccc1)O[Si](C)(C)C(C)(C)C. The first-order valence-corrected chi connectivity index (χ1v) is 15.7. The van der Waals surface area contributed by atoms with E-state index in [4.69, 9.17) is 9.16 Å². The van der Waals surface area contributed by atoms with Crippen molar-refractivity contribution >= 4 is 37.8 Å². The minimum atomic E-state index is -3.17. The minimum absolute atomic E-state index is 0.00424. The highest BCUT2D eigenvalue weighted by Crippen LogP contribution is 2.44. The summed E-state index contributed by atoms with van der Waals surface area (Å²) in [6.07, 6.45) is -0.698. The Kier molecular flexibility index (Phi) is 8.80. The van der Waals surface area contributed by atoms with Crippen LogP contribution in [0.5, 0.6) is 0 Å². The summed E-state index contributed by atoms with van der Waals surface area (Å²) in [6, 6.07) is 18.3. The smallest absolute Gasteiger partial charge is 0.308 e. The van der Waals surface area contributed by atoms with Crippen molar-refractivity contribution in [2.45, 2.75) is 57.8 Å². The third-order valence-electron chi connectivity index (χ3n) is 6.09. The molecule has 2 aromatic carbocycles. The molecule has 7 heteroatoms. The second-order valence-corrected chi connectivity index (χ2v) is 17.2. The largest absolute Gasteiger partial charge is 0.469 e. The van der Waals surface area contributed by atoms with E-state index in [0.717, 1.165) is 0 Å². The Labute approximate surface area is 193 Å². The van der Waals surface area contributed by atoms with Gasteiger partial charge in [-0.05, 0) is 18.1 Å². The molecule has 0 aliphatic heterocycles. The molecular formula is C25H35O5PSi. The number of ether oxygens (including phenoxy) is 1. The number of ketones is 1. The molecule has 0 aromatic heterocycles. The van der Waals surface area contributed by atoms with Crippen molar-refractivity contribution < 1.29 is 23.3 Å². The summed E-state index contributed by atoms with van der Waals surface area (Å²) in [7, 11) is -4.08. The van der Waals surface area contributed by atoms with Gasteiger partial charge in [-0.15, -0.1) is 0 Å². The van der Waals surface area contributed by atoms with Crippen LogP contribution in [0.3, 0.4) is 0 Å². The third kappa shape index (κ3) is 6.74. The van der Waals surface area contributed by atoms with E-state index in [2.05, 4.69) is 33.9 Å². The molecule has 0 N–H and O–H groups in total. The lowest BCUT2D eigenvalue weighted by Crippen LogP contribution is -2.45. The van der Waals surface area contributed by atoms with Crippen molar-refractivity contribution in [1.29, 1.82) is 0 Å². The predicted octanol–water partition coefficient (Wildman–Crippen LogP) is 4.91. The lowest BCUT2D eigenvalue weighted by atomic mass is 10.1. The van der Waals surface area contributed by atoms with Gasteiger partial charge in [0.25, 0.3) is 0 Å². The van der Waals surface area contributed by atoms with Crippen molar-refractivity contribution in [3.05, 3.63) is 60.7 Å². The minimum Gasteiger partial charge on any atom is -0.469 e. The molecule has 0 unspecified atom stereocenters. The molecule has 1 atom stereocenters. The molecule has 0 spiro atoms. The van der Waals surface area contributed by atoms with E-state index in [1.165, 1.54) is 7.11 Å². The summed E-state index contributed by atoms with van der Waals surface area (Å²) < 4.78 is 25.4. The van der Waals surface area contributed by atoms with Gasteiger partial charge in [-0.2, -0.15) is 0 Å². The first-order valence-electron chi connectivity index (χ1n) is 10.9. The molecule has 0 aliphatic rings. The number of esters is 1. The van der Waals surface area contributed by atoms with Crippen molar-refractivity contribution in [3.63, 3.8) is 0 Å². The zero-order valence-electron chi connectivity index (χ0n) is 20.0. The average Bonchev–Trinajstić information content (AvgIpc) is 2.73. The summed E-state index contributed by atoms with van der Waals surface area (Å²) in [5.74, 6) is -0.607. The molecule has 0 amide bonds. The molecule has 174 valence electrons. The molecule has 32 heavy (non-hydrogen) atoms. The number of rotatable bonds is 10. The van der Waals surface area contributed by atoms with Gasteiger partial charge in [0.2, 0.25) is 0 Å². The number of methoxy groups -OCH3 is 1. The predicted molar refractivity (Wildman–Crippen MR) is 133 cm³/mol. The maximum absolute atomic E-state index is 14.2. The van der Waals surface area contributed by atoms with Gasteiger partial charge in [-0.25, -0.2) is 0 Å². The van der Waals surface area contributed by atoms with Crippen LogP contribution in [-0.2, 0) is 23.3 Å². The number of Topliss-reactive ketones (excluding diaryl/α,β-unsaturated/α-hetero) is 1. The van der Waals surface area contributed by atoms with Crippen LogP contribution < -0.4 is 10.6 Å². The fourth-order valence-corrected chi connectivity index (χ4v) is 7.20. The molecule has 0 aliphatic carbocycles. The van der Waals surface area contributed by atoms with Crippen molar-refractivity contribution in [1.82, 2.24) is 0 Å². The van der Waals surface area contributed by atoms with Crippen molar-refractivity contribution in [2.24, 2.45) is 0 Å². The normalized spacial score (nSPS) is 13.4. The van der Waals surface area contributed by atoms with E-state index in [-0.39, 0.29) is 29.8 Å². The highest BCUT2D eigenvalue weighted by Gasteiger charge is 2.40. The Morgan fingerprint density at radius 2 is 1.38 bits per heavy atom. The molecule has 0 bridgehead atoms. The number of carbonyl (C=O) groups is 2. The van der Waals surface area contributed by atoms with Crippen molar-refractivity contribution in [3.8, 4) is 0 Å². The second-order valence-electron chi connectivity index (χ2n) is 9.59. The van der Waals surface area contributed by atoms with E-state index in [9.17, 15) is 14.2 Å². The van der Waals surface area contributed by atoms with E-state index < -0.39 is 27.5 Å². The molecule has 0 heterocycles. The summed E-state index contributed by atoms with van der Waals surface area (Å²) in [6.45, 7) is 10.5. The van der Waals surface area contributed by atoms with Crippen LogP contribution in [0.15, 0.2) is 60.7 Å². The first-order chi connectivity index (χ1) is 14.9. The molecule has 2 rings (SSSR count). The van der Waals surface area contributed by atoms with Crippen LogP contribution >= 0.6 is 7.14 Å². The maximum Gasteiger partial charge on any atom is 0.308 e. The van der Waals surface area contributed by atoms with E-state index >= 15 is 0 Å². The summed E-state index contributed by atoms with van der Waals surface area (Å²) in [5.41, 5.74) is 0. The molecule has 0 saturated carbocycles. The van der Waals surface area contributed by atoms with Gasteiger partial charge in [0.05, 0.1) is 25.8 Å². The Morgan fingerprint density at radius 1 is 0.906 bits per heavy atom. The van der Waals surface area contributed by atoms with Crippen LogP contribution in [0, 0.1) is 0 Å². The highest BCUT2D eigenvalue weighted by molar-refractivity contribution is 7.79. The van der Waals surface area contributed by atoms with Crippen molar-refractivity contribution in [2.75, 3.05) is 13.3 Å². The van der Waals surface area contributed by atoms with Gasteiger partial charge in [0.15, 0.2) is 8.32 Å². The summed E-state index contributed by atoms with van der Waals surface area (Å²) in [4.78, 5) is 25.2. The van der Waals surface area contributed by atoms with Crippen LogP contribution in [0.25, 0.3) is 0 Å². The van der Waals surface area contributed by atoms with Gasteiger partial charge in [-0.1, -0.05) is 81.4 Å². The molecule has 0 radical (unpaired) electrons. The second kappa shape index (κ2) is 10.7. The first kappa shape index (κ1) is 26.2. The summed E-state index contributed by atoms with van der Waals surface area (Å²) in [5, 5.41) is 1.22. The van der Waals surface area contributed by atoms with Crippen LogP contribution in [-0.4, -0.2) is 39.4 Å². The van der Waals surface area contributed by atoms with Gasteiger partial charge < -0.3 is 13.7 Å². The molecule has 2 aromatic rings. The van der Waals surface area contributed by atoms with Crippen LogP contribution in [0.2, 0.25) is 18.1 Å². The molecule has 0 saturated heterocycles. The van der Waals surface area contributed by atoms with E-state index in [1.807, 2.05) is 36.4 Å². The lowest BCUT2D eigenvalue weighted by Gasteiger charge is -2.39. The monoisotopic (exact) mass is 474 g/mol. The molecular weight excluding hydrogens is 439 g/mol. The van der Waals surface area contributed by atoms with Gasteiger partial charge in [-0.3, -0.25) is 9.59 Å². The zero-order valence-corrected chi connectivity index (χ0v) is 21.9. The standard InChI is InChI=1S/C25H35O5PSi/c1-25(2,3)32(5,6)30-21(18-24(27)29-4)17-20(26)19-31(28,22-13-9-7-10-14-22)23-15-11-8-12-16-23/h7-16,21H,17-19H2,1-6H3/t21-/m1/s1. The summed E-state index contributed by atoms with van der Waals surface area (Å²) >= 11 is 0. The Balaban J connectivity index is 2.30. The number of benzene rings is 2. The van der Waals surface area contributed by atoms with Gasteiger partial charge in [0.1, 0.15) is 12.9 Å². The quantitative estimate of drug-likeness (QED) is 0.278. The Hall–Kier alpha value is -2.01. The number of hydrogen-bond acceptors (Lipinski definition) is 5. The third-order valence-corrected chi connectivity index (χ3v) is 13.7. The van der Waals surface area contributed by atoms with Crippen LogP contribution in [0.4, 0.5) is 0 Å². The van der Waals surface area contributed by atoms with Gasteiger partial charge >= 0.3 is 5.97 Å². The average molecular weight is 475 g/mol. The van der Waals surface area contributed by atoms with Crippen LogP contribution in [0.1, 0.15) is 33.6 Å². The fourth-order valence-electron chi connectivity index (χ4n) is 3.25. The maximum atomic E-state index is 14.2. The lowest BCUT2D eigenvalue weighted by molar-refractivity contribution is -0.142. The fraction of sp³-hybridized carbons (Fsp3) is 0.440. The molecule has 0 fully saturated rings.